The van der Waals surface area contributed by atoms with Gasteiger partial charge in [0, 0.05) is 32.1 Å². The van der Waals surface area contributed by atoms with E-state index in [1.54, 1.807) is 30.3 Å². The third-order valence-corrected chi connectivity index (χ3v) is 5.01. The minimum Gasteiger partial charge on any atom is -0.356 e. The van der Waals surface area contributed by atoms with Gasteiger partial charge in [0.25, 0.3) is 11.8 Å². The second kappa shape index (κ2) is 7.75. The Morgan fingerprint density at radius 1 is 1.04 bits per heavy atom. The minimum absolute atomic E-state index is 0.191. The number of carbonyl (C=O) groups is 3. The molecule has 1 N–H and O–H groups in total. The predicted molar refractivity (Wildman–Crippen MR) is 103 cm³/mol. The Hall–Kier alpha value is -3.29. The summed E-state index contributed by atoms with van der Waals surface area (Å²) in [6, 6.07) is 8.54. The van der Waals surface area contributed by atoms with E-state index in [-0.39, 0.29) is 30.7 Å². The molecule has 28 heavy (non-hydrogen) atoms. The maximum absolute atomic E-state index is 12.3. The lowest BCUT2D eigenvalue weighted by atomic mass is 10.1. The highest BCUT2D eigenvalue weighted by Gasteiger charge is 2.34. The molecule has 0 saturated carbocycles. The Balaban J connectivity index is 1.29. The van der Waals surface area contributed by atoms with Crippen molar-refractivity contribution >= 4 is 29.4 Å². The molecule has 3 amide bonds. The van der Waals surface area contributed by atoms with Gasteiger partial charge in [0.1, 0.15) is 18.0 Å². The average Bonchev–Trinajstić information content (AvgIpc) is 3.32. The number of anilines is 2. The van der Waals surface area contributed by atoms with Crippen molar-refractivity contribution in [3.63, 3.8) is 0 Å². The number of fused-ring (bicyclic) bond motifs is 1. The Morgan fingerprint density at radius 2 is 1.71 bits per heavy atom. The monoisotopic (exact) mass is 379 g/mol. The van der Waals surface area contributed by atoms with Crippen LogP contribution < -0.4 is 10.2 Å². The van der Waals surface area contributed by atoms with Gasteiger partial charge in [0.15, 0.2) is 0 Å². The Bertz CT molecular complexity index is 889. The van der Waals surface area contributed by atoms with Crippen LogP contribution in [0.2, 0.25) is 0 Å². The standard InChI is InChI=1S/C20H21N5O3/c26-18(23-16-12-17(22-13-21-16)24-9-3-4-10-24)8-5-11-25-19(27)14-6-1-2-7-15(14)20(25)28/h1-2,6-7,12-13H,3-5,8-11H2,(H,21,22,23,26). The fraction of sp³-hybridized carbons (Fsp3) is 0.350. The van der Waals surface area contributed by atoms with Crippen molar-refractivity contribution < 1.29 is 14.4 Å². The summed E-state index contributed by atoms with van der Waals surface area (Å²) in [6.07, 6.45) is 4.31. The molecule has 3 heterocycles. The molecule has 1 aromatic carbocycles. The molecule has 4 rings (SSSR count). The molecule has 2 aromatic rings. The van der Waals surface area contributed by atoms with Crippen LogP contribution in [0.5, 0.6) is 0 Å². The lowest BCUT2D eigenvalue weighted by Crippen LogP contribution is -2.31. The first-order valence-corrected chi connectivity index (χ1v) is 9.45. The smallest absolute Gasteiger partial charge is 0.261 e. The second-order valence-electron chi connectivity index (χ2n) is 6.91. The van der Waals surface area contributed by atoms with Gasteiger partial charge in [-0.1, -0.05) is 12.1 Å². The van der Waals surface area contributed by atoms with Crippen LogP contribution in [0.15, 0.2) is 36.7 Å². The number of benzene rings is 1. The molecule has 1 fully saturated rings. The molecule has 0 spiro atoms. The number of hydrogen-bond acceptors (Lipinski definition) is 6. The van der Waals surface area contributed by atoms with Crippen molar-refractivity contribution in [3.8, 4) is 0 Å². The van der Waals surface area contributed by atoms with Gasteiger partial charge in [-0.2, -0.15) is 0 Å². The van der Waals surface area contributed by atoms with Gasteiger partial charge < -0.3 is 10.2 Å². The van der Waals surface area contributed by atoms with Crippen LogP contribution in [0.1, 0.15) is 46.4 Å². The Labute approximate surface area is 162 Å². The van der Waals surface area contributed by atoms with E-state index in [0.717, 1.165) is 31.7 Å². The molecule has 8 nitrogen and oxygen atoms in total. The first kappa shape index (κ1) is 18.1. The fourth-order valence-electron chi connectivity index (χ4n) is 3.58. The Kier molecular flexibility index (Phi) is 5.01. The molecule has 2 aliphatic rings. The zero-order chi connectivity index (χ0) is 19.5. The number of amides is 3. The largest absolute Gasteiger partial charge is 0.356 e. The minimum atomic E-state index is -0.299. The summed E-state index contributed by atoms with van der Waals surface area (Å²) in [4.78, 5) is 48.6. The van der Waals surface area contributed by atoms with Crippen molar-refractivity contribution in [2.75, 3.05) is 29.9 Å². The number of nitrogens with one attached hydrogen (secondary N) is 1. The molecule has 1 saturated heterocycles. The summed E-state index contributed by atoms with van der Waals surface area (Å²) in [5, 5.41) is 2.77. The molecular weight excluding hydrogens is 358 g/mol. The van der Waals surface area contributed by atoms with E-state index in [9.17, 15) is 14.4 Å². The van der Waals surface area contributed by atoms with Crippen molar-refractivity contribution in [2.45, 2.75) is 25.7 Å². The molecule has 0 bridgehead atoms. The van der Waals surface area contributed by atoms with Gasteiger partial charge in [-0.05, 0) is 31.4 Å². The molecule has 0 atom stereocenters. The van der Waals surface area contributed by atoms with E-state index in [1.165, 1.54) is 11.2 Å². The zero-order valence-electron chi connectivity index (χ0n) is 15.4. The van der Waals surface area contributed by atoms with Crippen LogP contribution in [0.3, 0.4) is 0 Å². The second-order valence-corrected chi connectivity index (χ2v) is 6.91. The van der Waals surface area contributed by atoms with Crippen LogP contribution in [0.4, 0.5) is 11.6 Å². The predicted octanol–water partition coefficient (Wildman–Crippen LogP) is 2.09. The summed E-state index contributed by atoms with van der Waals surface area (Å²) < 4.78 is 0. The number of imide groups is 1. The third-order valence-electron chi connectivity index (χ3n) is 5.01. The number of aromatic nitrogens is 2. The van der Waals surface area contributed by atoms with Gasteiger partial charge in [-0.25, -0.2) is 9.97 Å². The highest BCUT2D eigenvalue weighted by atomic mass is 16.2. The molecular formula is C20H21N5O3. The first-order valence-electron chi connectivity index (χ1n) is 9.45. The van der Waals surface area contributed by atoms with Crippen LogP contribution in [-0.4, -0.2) is 52.2 Å². The summed E-state index contributed by atoms with van der Waals surface area (Å²) in [5.41, 5.74) is 0.847. The van der Waals surface area contributed by atoms with Crippen molar-refractivity contribution in [2.24, 2.45) is 0 Å². The third kappa shape index (κ3) is 3.58. The normalized spacial score (nSPS) is 15.9. The highest BCUT2D eigenvalue weighted by molar-refractivity contribution is 6.21. The van der Waals surface area contributed by atoms with Crippen LogP contribution in [-0.2, 0) is 4.79 Å². The van der Waals surface area contributed by atoms with E-state index >= 15 is 0 Å². The van der Waals surface area contributed by atoms with Gasteiger partial charge in [0.05, 0.1) is 11.1 Å². The van der Waals surface area contributed by atoms with E-state index < -0.39 is 0 Å². The summed E-state index contributed by atoms with van der Waals surface area (Å²) in [5.74, 6) is 0.471. The Morgan fingerprint density at radius 3 is 2.39 bits per heavy atom. The topological polar surface area (TPSA) is 95.5 Å². The highest BCUT2D eigenvalue weighted by Crippen LogP contribution is 2.23. The zero-order valence-corrected chi connectivity index (χ0v) is 15.4. The quantitative estimate of drug-likeness (QED) is 0.772. The van der Waals surface area contributed by atoms with Gasteiger partial charge in [-0.15, -0.1) is 0 Å². The lowest BCUT2D eigenvalue weighted by molar-refractivity contribution is -0.116. The van der Waals surface area contributed by atoms with Crippen molar-refractivity contribution in [1.82, 2.24) is 14.9 Å². The van der Waals surface area contributed by atoms with E-state index in [0.29, 0.717) is 23.4 Å². The van der Waals surface area contributed by atoms with Crippen LogP contribution in [0, 0.1) is 0 Å². The molecule has 144 valence electrons. The summed E-state index contributed by atoms with van der Waals surface area (Å²) in [7, 11) is 0. The number of carbonyl (C=O) groups excluding carboxylic acids is 3. The number of rotatable bonds is 6. The number of hydrogen-bond donors (Lipinski definition) is 1. The summed E-state index contributed by atoms with van der Waals surface area (Å²) >= 11 is 0. The molecule has 0 radical (unpaired) electrons. The number of nitrogens with zero attached hydrogens (tertiary/aromatic N) is 4. The van der Waals surface area contributed by atoms with Gasteiger partial charge in [0.2, 0.25) is 5.91 Å². The molecule has 0 unspecified atom stereocenters. The van der Waals surface area contributed by atoms with E-state index in [4.69, 9.17) is 0 Å². The van der Waals surface area contributed by atoms with E-state index in [2.05, 4.69) is 20.2 Å². The van der Waals surface area contributed by atoms with Gasteiger partial charge in [-0.3, -0.25) is 19.3 Å². The van der Waals surface area contributed by atoms with Crippen LogP contribution >= 0.6 is 0 Å². The first-order chi connectivity index (χ1) is 13.6. The molecule has 1 aromatic heterocycles. The maximum atomic E-state index is 12.3. The fourth-order valence-corrected chi connectivity index (χ4v) is 3.58. The molecule has 2 aliphatic heterocycles. The van der Waals surface area contributed by atoms with Gasteiger partial charge >= 0.3 is 0 Å². The molecule has 0 aliphatic carbocycles. The maximum Gasteiger partial charge on any atom is 0.261 e. The average molecular weight is 379 g/mol. The van der Waals surface area contributed by atoms with Crippen molar-refractivity contribution in [1.29, 1.82) is 0 Å². The summed E-state index contributed by atoms with van der Waals surface area (Å²) in [6.45, 7) is 2.14. The molecule has 8 heteroatoms. The SMILES string of the molecule is O=C(CCCN1C(=O)c2ccccc2C1=O)Nc1cc(N2CCCC2)ncn1. The lowest BCUT2D eigenvalue weighted by Gasteiger charge is -2.16. The van der Waals surface area contributed by atoms with E-state index in [1.807, 2.05) is 0 Å². The van der Waals surface area contributed by atoms with Crippen molar-refractivity contribution in [3.05, 3.63) is 47.8 Å². The van der Waals surface area contributed by atoms with Crippen LogP contribution in [0.25, 0.3) is 0 Å².